The standard InChI is InChI=1S/C17H21N3OS/c1-11-16(14-8-7-12-4-2-5-13(12)10-14)20-17(22-11)19-15(21)6-3-9-18/h7-8,10H,2-6,9,18H2,1H3,(H,19,20,21). The molecule has 0 bridgehead atoms. The number of aromatic nitrogens is 1. The molecule has 0 atom stereocenters. The highest BCUT2D eigenvalue weighted by Gasteiger charge is 2.15. The number of nitrogens with one attached hydrogen (secondary N) is 1. The van der Waals surface area contributed by atoms with Gasteiger partial charge >= 0.3 is 0 Å². The molecule has 1 aromatic heterocycles. The Bertz CT molecular complexity index is 693. The lowest BCUT2D eigenvalue weighted by Gasteiger charge is -2.03. The fraction of sp³-hybridized carbons (Fsp3) is 0.412. The van der Waals surface area contributed by atoms with Crippen LogP contribution in [0.2, 0.25) is 0 Å². The van der Waals surface area contributed by atoms with Gasteiger partial charge in [0.05, 0.1) is 5.69 Å². The normalized spacial score (nSPS) is 13.2. The van der Waals surface area contributed by atoms with E-state index in [1.807, 2.05) is 0 Å². The quantitative estimate of drug-likeness (QED) is 0.889. The van der Waals surface area contributed by atoms with Crippen LogP contribution in [-0.2, 0) is 17.6 Å². The van der Waals surface area contributed by atoms with Crippen molar-refractivity contribution in [1.82, 2.24) is 4.98 Å². The second-order valence-corrected chi connectivity index (χ2v) is 6.90. The van der Waals surface area contributed by atoms with Crippen molar-refractivity contribution >= 4 is 22.4 Å². The van der Waals surface area contributed by atoms with E-state index in [-0.39, 0.29) is 5.91 Å². The monoisotopic (exact) mass is 315 g/mol. The number of thiazole rings is 1. The molecule has 116 valence electrons. The molecule has 0 fully saturated rings. The van der Waals surface area contributed by atoms with Gasteiger partial charge in [0.1, 0.15) is 0 Å². The van der Waals surface area contributed by atoms with E-state index in [0.29, 0.717) is 24.5 Å². The highest BCUT2D eigenvalue weighted by atomic mass is 32.1. The number of nitrogens with two attached hydrogens (primary N) is 1. The molecule has 0 saturated carbocycles. The zero-order valence-electron chi connectivity index (χ0n) is 12.8. The van der Waals surface area contributed by atoms with E-state index in [1.54, 1.807) is 0 Å². The zero-order valence-corrected chi connectivity index (χ0v) is 13.6. The Hall–Kier alpha value is -1.72. The number of hydrogen-bond acceptors (Lipinski definition) is 4. The summed E-state index contributed by atoms with van der Waals surface area (Å²) in [6, 6.07) is 6.62. The van der Waals surface area contributed by atoms with Gasteiger partial charge in [-0.05, 0) is 56.3 Å². The number of benzene rings is 1. The predicted molar refractivity (Wildman–Crippen MR) is 91.2 cm³/mol. The minimum Gasteiger partial charge on any atom is -0.330 e. The minimum absolute atomic E-state index is 0.0142. The highest BCUT2D eigenvalue weighted by molar-refractivity contribution is 7.16. The maximum Gasteiger partial charge on any atom is 0.226 e. The third kappa shape index (κ3) is 3.20. The maximum absolute atomic E-state index is 11.8. The molecule has 2 aromatic rings. The SMILES string of the molecule is Cc1sc(NC(=O)CCCN)nc1-c1ccc2c(c1)CCC2. The Morgan fingerprint density at radius 2 is 2.18 bits per heavy atom. The van der Waals surface area contributed by atoms with Gasteiger partial charge < -0.3 is 11.1 Å². The second kappa shape index (κ2) is 6.58. The summed E-state index contributed by atoms with van der Waals surface area (Å²) >= 11 is 1.53. The van der Waals surface area contributed by atoms with Crippen molar-refractivity contribution in [2.24, 2.45) is 5.73 Å². The number of nitrogens with zero attached hydrogens (tertiary/aromatic N) is 1. The lowest BCUT2D eigenvalue weighted by atomic mass is 10.0. The van der Waals surface area contributed by atoms with Crippen molar-refractivity contribution in [2.45, 2.75) is 39.0 Å². The molecular formula is C17H21N3OS. The summed E-state index contributed by atoms with van der Waals surface area (Å²) in [6.07, 6.45) is 4.75. The van der Waals surface area contributed by atoms with Gasteiger partial charge in [0.2, 0.25) is 5.91 Å². The number of hydrogen-bond donors (Lipinski definition) is 2. The molecule has 22 heavy (non-hydrogen) atoms. The summed E-state index contributed by atoms with van der Waals surface area (Å²) in [5.41, 5.74) is 10.5. The van der Waals surface area contributed by atoms with Crippen molar-refractivity contribution in [3.8, 4) is 11.3 Å². The highest BCUT2D eigenvalue weighted by Crippen LogP contribution is 2.33. The molecule has 0 unspecified atom stereocenters. The number of carbonyl (C=O) groups excluding carboxylic acids is 1. The molecule has 3 N–H and O–H groups in total. The molecule has 0 aliphatic heterocycles. The smallest absolute Gasteiger partial charge is 0.226 e. The molecular weight excluding hydrogens is 294 g/mol. The van der Waals surface area contributed by atoms with Gasteiger partial charge in [0.15, 0.2) is 5.13 Å². The molecule has 1 aromatic carbocycles. The van der Waals surface area contributed by atoms with Crippen LogP contribution < -0.4 is 11.1 Å². The van der Waals surface area contributed by atoms with E-state index in [0.717, 1.165) is 22.6 Å². The molecule has 1 aliphatic rings. The maximum atomic E-state index is 11.8. The Labute approximate surface area is 134 Å². The third-order valence-electron chi connectivity index (χ3n) is 4.02. The number of carbonyl (C=O) groups is 1. The van der Waals surface area contributed by atoms with Crippen molar-refractivity contribution in [1.29, 1.82) is 0 Å². The molecule has 0 spiro atoms. The summed E-state index contributed by atoms with van der Waals surface area (Å²) in [7, 11) is 0. The average molecular weight is 315 g/mol. The van der Waals surface area contributed by atoms with Gasteiger partial charge in [-0.1, -0.05) is 12.1 Å². The van der Waals surface area contributed by atoms with Crippen LogP contribution in [-0.4, -0.2) is 17.4 Å². The number of aryl methyl sites for hydroxylation is 3. The molecule has 5 heteroatoms. The van der Waals surface area contributed by atoms with Crippen LogP contribution in [0.5, 0.6) is 0 Å². The first-order valence-electron chi connectivity index (χ1n) is 7.77. The summed E-state index contributed by atoms with van der Waals surface area (Å²) in [6.45, 7) is 2.58. The van der Waals surface area contributed by atoms with E-state index in [4.69, 9.17) is 5.73 Å². The lowest BCUT2D eigenvalue weighted by Crippen LogP contribution is -2.13. The van der Waals surface area contributed by atoms with E-state index >= 15 is 0 Å². The number of amides is 1. The Morgan fingerprint density at radius 3 is 3.00 bits per heavy atom. The summed E-state index contributed by atoms with van der Waals surface area (Å²) in [4.78, 5) is 17.5. The topological polar surface area (TPSA) is 68.0 Å². The van der Waals surface area contributed by atoms with Crippen LogP contribution in [0.15, 0.2) is 18.2 Å². The summed E-state index contributed by atoms with van der Waals surface area (Å²) in [5, 5.41) is 3.55. The van der Waals surface area contributed by atoms with Gasteiger partial charge in [0.25, 0.3) is 0 Å². The Morgan fingerprint density at radius 1 is 1.36 bits per heavy atom. The number of anilines is 1. The second-order valence-electron chi connectivity index (χ2n) is 5.70. The molecule has 1 aliphatic carbocycles. The average Bonchev–Trinajstić information content (AvgIpc) is 3.10. The lowest BCUT2D eigenvalue weighted by molar-refractivity contribution is -0.116. The van der Waals surface area contributed by atoms with Gasteiger partial charge in [-0.25, -0.2) is 4.98 Å². The molecule has 3 rings (SSSR count). The van der Waals surface area contributed by atoms with E-state index in [9.17, 15) is 4.79 Å². The minimum atomic E-state index is -0.0142. The van der Waals surface area contributed by atoms with Crippen LogP contribution in [0.3, 0.4) is 0 Å². The first kappa shape index (κ1) is 15.2. The van der Waals surface area contributed by atoms with Crippen LogP contribution >= 0.6 is 11.3 Å². The van der Waals surface area contributed by atoms with Crippen LogP contribution in [0, 0.1) is 6.92 Å². The van der Waals surface area contributed by atoms with Crippen LogP contribution in [0.1, 0.15) is 35.3 Å². The summed E-state index contributed by atoms with van der Waals surface area (Å²) < 4.78 is 0. The zero-order chi connectivity index (χ0) is 15.5. The van der Waals surface area contributed by atoms with Crippen molar-refractivity contribution in [2.75, 3.05) is 11.9 Å². The van der Waals surface area contributed by atoms with Crippen LogP contribution in [0.4, 0.5) is 5.13 Å². The van der Waals surface area contributed by atoms with Crippen molar-refractivity contribution < 1.29 is 4.79 Å². The van der Waals surface area contributed by atoms with Crippen molar-refractivity contribution in [3.05, 3.63) is 34.2 Å². The van der Waals surface area contributed by atoms with E-state index in [2.05, 4.69) is 35.4 Å². The van der Waals surface area contributed by atoms with Gasteiger partial charge in [-0.15, -0.1) is 11.3 Å². The fourth-order valence-electron chi connectivity index (χ4n) is 2.88. The van der Waals surface area contributed by atoms with E-state index in [1.165, 1.54) is 35.3 Å². The first-order valence-corrected chi connectivity index (χ1v) is 8.58. The molecule has 0 saturated heterocycles. The largest absolute Gasteiger partial charge is 0.330 e. The third-order valence-corrected chi connectivity index (χ3v) is 4.91. The Kier molecular flexibility index (Phi) is 4.55. The van der Waals surface area contributed by atoms with Crippen molar-refractivity contribution in [3.63, 3.8) is 0 Å². The number of fused-ring (bicyclic) bond motifs is 1. The van der Waals surface area contributed by atoms with E-state index < -0.39 is 0 Å². The van der Waals surface area contributed by atoms with Gasteiger partial charge in [-0.2, -0.15) is 0 Å². The first-order chi connectivity index (χ1) is 10.7. The van der Waals surface area contributed by atoms with Gasteiger partial charge in [0, 0.05) is 16.9 Å². The molecule has 4 nitrogen and oxygen atoms in total. The number of rotatable bonds is 5. The predicted octanol–water partition coefficient (Wildman–Crippen LogP) is 3.28. The fourth-order valence-corrected chi connectivity index (χ4v) is 3.73. The van der Waals surface area contributed by atoms with Crippen LogP contribution in [0.25, 0.3) is 11.3 Å². The Balaban J connectivity index is 1.79. The molecule has 1 heterocycles. The summed E-state index contributed by atoms with van der Waals surface area (Å²) in [5.74, 6) is -0.0142. The molecule has 0 radical (unpaired) electrons. The van der Waals surface area contributed by atoms with Gasteiger partial charge in [-0.3, -0.25) is 4.79 Å². The molecule has 1 amide bonds.